The van der Waals surface area contributed by atoms with E-state index in [4.69, 9.17) is 16.3 Å². The van der Waals surface area contributed by atoms with E-state index >= 15 is 0 Å². The summed E-state index contributed by atoms with van der Waals surface area (Å²) in [6, 6.07) is 11.0. The van der Waals surface area contributed by atoms with Gasteiger partial charge in [0.1, 0.15) is 5.82 Å². The predicted octanol–water partition coefficient (Wildman–Crippen LogP) is 2.81. The first-order valence-electron chi connectivity index (χ1n) is 11.1. The Morgan fingerprint density at radius 2 is 1.41 bits per heavy atom. The number of aromatic amines is 1. The number of halogens is 1. The van der Waals surface area contributed by atoms with Gasteiger partial charge < -0.3 is 9.72 Å². The molecule has 34 heavy (non-hydrogen) atoms. The number of nitrogens with one attached hydrogen (secondary N) is 1. The summed E-state index contributed by atoms with van der Waals surface area (Å²) in [7, 11) is -7.40. The Hall–Kier alpha value is -2.02. The highest BCUT2D eigenvalue weighted by Gasteiger charge is 2.32. The third-order valence-corrected chi connectivity index (χ3v) is 10.4. The zero-order valence-electron chi connectivity index (χ0n) is 18.4. The highest BCUT2D eigenvalue weighted by molar-refractivity contribution is 7.89. The molecule has 0 saturated carbocycles. The minimum Gasteiger partial charge on any atom is -0.379 e. The van der Waals surface area contributed by atoms with Crippen LogP contribution < -0.4 is 0 Å². The van der Waals surface area contributed by atoms with Gasteiger partial charge in [0.2, 0.25) is 20.0 Å². The normalized spacial score (nSPS) is 19.6. The summed E-state index contributed by atoms with van der Waals surface area (Å²) in [5.41, 5.74) is 1.70. The van der Waals surface area contributed by atoms with Crippen molar-refractivity contribution in [2.24, 2.45) is 0 Å². The third-order valence-electron chi connectivity index (χ3n) is 6.37. The molecule has 3 aromatic rings. The lowest BCUT2D eigenvalue weighted by molar-refractivity contribution is 0.0730. The number of piperidine rings is 1. The Labute approximate surface area is 203 Å². The molecule has 0 bridgehead atoms. The first kappa shape index (κ1) is 23.7. The van der Waals surface area contributed by atoms with E-state index in [9.17, 15) is 16.8 Å². The number of morpholine rings is 1. The number of hydrogen-bond donors (Lipinski definition) is 1. The SMILES string of the molecule is O=S(=O)(c1ccc(S(=O)(=O)N2CCC(c3nc4ccc(Cl)cc4[nH]3)CC2)cc1)N1CCOCC1. The van der Waals surface area contributed by atoms with Crippen LogP contribution in [0.5, 0.6) is 0 Å². The van der Waals surface area contributed by atoms with Gasteiger partial charge in [-0.2, -0.15) is 8.61 Å². The van der Waals surface area contributed by atoms with E-state index in [2.05, 4.69) is 9.97 Å². The van der Waals surface area contributed by atoms with E-state index in [-0.39, 0.29) is 28.8 Å². The van der Waals surface area contributed by atoms with Crippen molar-refractivity contribution < 1.29 is 21.6 Å². The third kappa shape index (κ3) is 4.48. The number of imidazole rings is 1. The molecule has 2 saturated heterocycles. The summed E-state index contributed by atoms with van der Waals surface area (Å²) in [5.74, 6) is 0.964. The fourth-order valence-electron chi connectivity index (χ4n) is 4.43. The van der Waals surface area contributed by atoms with E-state index in [1.54, 1.807) is 6.07 Å². The molecule has 0 unspecified atom stereocenters. The van der Waals surface area contributed by atoms with Crippen LogP contribution in [0.15, 0.2) is 52.3 Å². The van der Waals surface area contributed by atoms with Gasteiger partial charge in [-0.25, -0.2) is 21.8 Å². The lowest BCUT2D eigenvalue weighted by atomic mass is 9.97. The second kappa shape index (κ2) is 9.21. The van der Waals surface area contributed by atoms with Gasteiger partial charge >= 0.3 is 0 Å². The van der Waals surface area contributed by atoms with Crippen molar-refractivity contribution in [2.75, 3.05) is 39.4 Å². The molecule has 1 aromatic heterocycles. The molecule has 0 amide bonds. The van der Waals surface area contributed by atoms with E-state index in [1.807, 2.05) is 12.1 Å². The zero-order chi connectivity index (χ0) is 23.9. The molecule has 0 spiro atoms. The van der Waals surface area contributed by atoms with E-state index in [1.165, 1.54) is 32.9 Å². The van der Waals surface area contributed by atoms with E-state index in [0.717, 1.165) is 16.9 Å². The molecule has 3 heterocycles. The van der Waals surface area contributed by atoms with Crippen molar-refractivity contribution in [3.63, 3.8) is 0 Å². The monoisotopic (exact) mass is 524 g/mol. The molecule has 9 nitrogen and oxygen atoms in total. The van der Waals surface area contributed by atoms with Gasteiger partial charge in [-0.1, -0.05) is 11.6 Å². The first-order valence-corrected chi connectivity index (χ1v) is 14.3. The average molecular weight is 525 g/mol. The fourth-order valence-corrected chi connectivity index (χ4v) is 7.48. The Bertz CT molecular complexity index is 1390. The number of nitrogens with zero attached hydrogens (tertiary/aromatic N) is 3. The molecule has 1 N–H and O–H groups in total. The van der Waals surface area contributed by atoms with Crippen LogP contribution in [0.25, 0.3) is 11.0 Å². The van der Waals surface area contributed by atoms with Gasteiger partial charge in [0.05, 0.1) is 34.0 Å². The summed E-state index contributed by atoms with van der Waals surface area (Å²) >= 11 is 6.05. The minimum absolute atomic E-state index is 0.0806. The largest absolute Gasteiger partial charge is 0.379 e. The molecule has 2 aromatic carbocycles. The van der Waals surface area contributed by atoms with E-state index in [0.29, 0.717) is 44.2 Å². The van der Waals surface area contributed by atoms with Crippen molar-refractivity contribution in [3.8, 4) is 0 Å². The number of hydrogen-bond acceptors (Lipinski definition) is 6. The highest BCUT2D eigenvalue weighted by Crippen LogP contribution is 2.31. The Morgan fingerprint density at radius 1 is 0.853 bits per heavy atom. The number of rotatable bonds is 5. The fraction of sp³-hybridized carbons (Fsp3) is 0.409. The van der Waals surface area contributed by atoms with E-state index < -0.39 is 20.0 Å². The van der Waals surface area contributed by atoms with Gasteiger partial charge in [0.15, 0.2) is 0 Å². The van der Waals surface area contributed by atoms with Crippen LogP contribution in [-0.2, 0) is 24.8 Å². The lowest BCUT2D eigenvalue weighted by Gasteiger charge is -2.30. The summed E-state index contributed by atoms with van der Waals surface area (Å²) < 4.78 is 60.0. The highest BCUT2D eigenvalue weighted by atomic mass is 35.5. The Kier molecular flexibility index (Phi) is 6.42. The molecule has 2 fully saturated rings. The molecule has 0 atom stereocenters. The smallest absolute Gasteiger partial charge is 0.243 e. The van der Waals surface area contributed by atoms with Gasteiger partial charge in [-0.15, -0.1) is 0 Å². The predicted molar refractivity (Wildman–Crippen MR) is 128 cm³/mol. The van der Waals surface area contributed by atoms with Crippen molar-refractivity contribution >= 4 is 42.7 Å². The van der Waals surface area contributed by atoms with Gasteiger partial charge in [-0.05, 0) is 55.3 Å². The summed E-state index contributed by atoms with van der Waals surface area (Å²) in [5, 5.41) is 0.632. The lowest BCUT2D eigenvalue weighted by Crippen LogP contribution is -2.40. The van der Waals surface area contributed by atoms with Crippen molar-refractivity contribution in [1.29, 1.82) is 0 Å². The maximum absolute atomic E-state index is 13.2. The molecular formula is C22H25ClN4O5S2. The quantitative estimate of drug-likeness (QED) is 0.549. The van der Waals surface area contributed by atoms with Crippen LogP contribution in [0, 0.1) is 0 Å². The molecule has 0 radical (unpaired) electrons. The average Bonchev–Trinajstić information content (AvgIpc) is 3.28. The molecular weight excluding hydrogens is 500 g/mol. The number of H-pyrrole nitrogens is 1. The second-order valence-electron chi connectivity index (χ2n) is 8.45. The maximum atomic E-state index is 13.2. The van der Waals surface area contributed by atoms with Crippen LogP contribution in [-0.4, -0.2) is 74.8 Å². The second-order valence-corrected chi connectivity index (χ2v) is 12.8. The minimum atomic E-state index is -3.73. The van der Waals surface area contributed by atoms with Gasteiger partial charge in [0.25, 0.3) is 0 Å². The van der Waals surface area contributed by atoms with Crippen LogP contribution in [0.1, 0.15) is 24.6 Å². The Morgan fingerprint density at radius 3 is 2.00 bits per heavy atom. The Balaban J connectivity index is 1.28. The van der Waals surface area contributed by atoms with Crippen LogP contribution >= 0.6 is 11.6 Å². The number of sulfonamides is 2. The first-order chi connectivity index (χ1) is 16.2. The standard InChI is InChI=1S/C22H25ClN4O5S2/c23-17-1-6-20-21(15-17)25-22(24-20)16-7-9-26(10-8-16)33(28,29)18-2-4-19(5-3-18)34(30,31)27-11-13-32-14-12-27/h1-6,15-16H,7-14H2,(H,24,25). The summed E-state index contributed by atoms with van der Waals surface area (Å²) in [6.45, 7) is 2.00. The van der Waals surface area contributed by atoms with Crippen LogP contribution in [0.3, 0.4) is 0 Å². The van der Waals surface area contributed by atoms with Crippen molar-refractivity contribution in [2.45, 2.75) is 28.6 Å². The molecule has 2 aliphatic heterocycles. The maximum Gasteiger partial charge on any atom is 0.243 e. The van der Waals surface area contributed by atoms with Crippen molar-refractivity contribution in [1.82, 2.24) is 18.6 Å². The molecule has 5 rings (SSSR count). The number of ether oxygens (including phenoxy) is 1. The number of fused-ring (bicyclic) bond motifs is 1. The summed E-state index contributed by atoms with van der Waals surface area (Å²) in [4.78, 5) is 8.12. The molecule has 0 aliphatic carbocycles. The summed E-state index contributed by atoms with van der Waals surface area (Å²) in [6.07, 6.45) is 1.27. The molecule has 182 valence electrons. The number of aromatic nitrogens is 2. The van der Waals surface area contributed by atoms with Gasteiger partial charge in [-0.3, -0.25) is 0 Å². The molecule has 2 aliphatic rings. The number of benzene rings is 2. The van der Waals surface area contributed by atoms with Crippen LogP contribution in [0.4, 0.5) is 0 Å². The van der Waals surface area contributed by atoms with Crippen LogP contribution in [0.2, 0.25) is 5.02 Å². The van der Waals surface area contributed by atoms with Gasteiger partial charge in [0, 0.05) is 37.1 Å². The van der Waals surface area contributed by atoms with Crippen molar-refractivity contribution in [3.05, 3.63) is 53.3 Å². The topological polar surface area (TPSA) is 113 Å². The molecule has 12 heteroatoms. The zero-order valence-corrected chi connectivity index (χ0v) is 20.7.